The molecular formula is C11H16BrNO2. The summed E-state index contributed by atoms with van der Waals surface area (Å²) in [5.41, 5.74) is 0.919. The van der Waals surface area contributed by atoms with E-state index in [9.17, 15) is 5.11 Å². The van der Waals surface area contributed by atoms with Gasteiger partial charge in [-0.05, 0) is 41.9 Å². The first-order valence-corrected chi connectivity index (χ1v) is 5.62. The zero-order valence-electron chi connectivity index (χ0n) is 9.12. The Labute approximate surface area is 98.6 Å². The highest BCUT2D eigenvalue weighted by atomic mass is 79.9. The smallest absolute Gasteiger partial charge is 0.121 e. The topological polar surface area (TPSA) is 41.5 Å². The Kier molecular flexibility index (Phi) is 4.42. The molecule has 0 fully saturated rings. The van der Waals surface area contributed by atoms with Gasteiger partial charge in [-0.3, -0.25) is 0 Å². The molecule has 0 aliphatic rings. The third-order valence-corrected chi connectivity index (χ3v) is 2.97. The lowest BCUT2D eigenvalue weighted by molar-refractivity contribution is 0.178. The number of aliphatic hydroxyl groups excluding tert-OH is 1. The molecule has 15 heavy (non-hydrogen) atoms. The Morgan fingerprint density at radius 3 is 2.60 bits per heavy atom. The van der Waals surface area contributed by atoms with Gasteiger partial charge in [-0.2, -0.15) is 0 Å². The van der Waals surface area contributed by atoms with Crippen molar-refractivity contribution in [2.75, 3.05) is 12.4 Å². The second-order valence-corrected chi connectivity index (χ2v) is 4.37. The van der Waals surface area contributed by atoms with E-state index in [0.717, 1.165) is 15.9 Å². The quantitative estimate of drug-likeness (QED) is 0.886. The minimum atomic E-state index is -0.400. The summed E-state index contributed by atoms with van der Waals surface area (Å²) in [5, 5.41) is 12.6. The third kappa shape index (κ3) is 3.39. The Morgan fingerprint density at radius 1 is 1.40 bits per heavy atom. The zero-order valence-corrected chi connectivity index (χ0v) is 10.7. The Hall–Kier alpha value is -0.740. The van der Waals surface area contributed by atoms with Crippen molar-refractivity contribution in [3.05, 3.63) is 22.7 Å². The van der Waals surface area contributed by atoms with Crippen molar-refractivity contribution >= 4 is 21.6 Å². The van der Waals surface area contributed by atoms with Gasteiger partial charge in [0.1, 0.15) is 5.75 Å². The summed E-state index contributed by atoms with van der Waals surface area (Å²) >= 11 is 3.44. The van der Waals surface area contributed by atoms with Gasteiger partial charge in [0.15, 0.2) is 0 Å². The van der Waals surface area contributed by atoms with Crippen molar-refractivity contribution in [1.82, 2.24) is 0 Å². The SMILES string of the molecule is COc1ccc(Br)c(NC(C)C(C)O)c1. The number of aliphatic hydroxyl groups is 1. The van der Waals surface area contributed by atoms with Gasteiger partial charge in [0, 0.05) is 16.6 Å². The first-order chi connectivity index (χ1) is 7.04. The maximum Gasteiger partial charge on any atom is 0.121 e. The number of halogens is 1. The number of hydrogen-bond donors (Lipinski definition) is 2. The van der Waals surface area contributed by atoms with Crippen LogP contribution in [0.3, 0.4) is 0 Å². The lowest BCUT2D eigenvalue weighted by Gasteiger charge is -2.19. The van der Waals surface area contributed by atoms with E-state index in [4.69, 9.17) is 4.74 Å². The van der Waals surface area contributed by atoms with E-state index in [1.54, 1.807) is 14.0 Å². The summed E-state index contributed by atoms with van der Waals surface area (Å²) in [6.07, 6.45) is -0.400. The van der Waals surface area contributed by atoms with E-state index in [1.165, 1.54) is 0 Å². The highest BCUT2D eigenvalue weighted by Crippen LogP contribution is 2.27. The van der Waals surface area contributed by atoms with Crippen LogP contribution < -0.4 is 10.1 Å². The Balaban J connectivity index is 2.83. The normalized spacial score (nSPS) is 14.5. The monoisotopic (exact) mass is 273 g/mol. The first kappa shape index (κ1) is 12.3. The molecule has 0 spiro atoms. The maximum absolute atomic E-state index is 9.39. The molecule has 0 saturated heterocycles. The van der Waals surface area contributed by atoms with Crippen LogP contribution in [0.4, 0.5) is 5.69 Å². The highest BCUT2D eigenvalue weighted by Gasteiger charge is 2.10. The van der Waals surface area contributed by atoms with Gasteiger partial charge in [-0.15, -0.1) is 0 Å². The van der Waals surface area contributed by atoms with Crippen LogP contribution in [0.1, 0.15) is 13.8 Å². The van der Waals surface area contributed by atoms with Gasteiger partial charge in [-0.1, -0.05) is 0 Å². The molecule has 0 aliphatic heterocycles. The van der Waals surface area contributed by atoms with Gasteiger partial charge in [0.25, 0.3) is 0 Å². The predicted octanol–water partition coefficient (Wildman–Crippen LogP) is 2.64. The molecule has 0 saturated carbocycles. The van der Waals surface area contributed by atoms with E-state index in [0.29, 0.717) is 0 Å². The van der Waals surface area contributed by atoms with Crippen molar-refractivity contribution in [2.45, 2.75) is 26.0 Å². The molecule has 4 heteroatoms. The van der Waals surface area contributed by atoms with E-state index in [1.807, 2.05) is 25.1 Å². The van der Waals surface area contributed by atoms with E-state index in [2.05, 4.69) is 21.2 Å². The van der Waals surface area contributed by atoms with Crippen molar-refractivity contribution in [2.24, 2.45) is 0 Å². The second-order valence-electron chi connectivity index (χ2n) is 3.52. The fraction of sp³-hybridized carbons (Fsp3) is 0.455. The minimum absolute atomic E-state index is 0.00611. The average Bonchev–Trinajstić information content (AvgIpc) is 2.21. The fourth-order valence-electron chi connectivity index (χ4n) is 1.11. The van der Waals surface area contributed by atoms with Crippen LogP contribution in [0.5, 0.6) is 5.75 Å². The molecular weight excluding hydrogens is 258 g/mol. The summed E-state index contributed by atoms with van der Waals surface area (Å²) in [4.78, 5) is 0. The van der Waals surface area contributed by atoms with Crippen LogP contribution in [-0.4, -0.2) is 24.4 Å². The highest BCUT2D eigenvalue weighted by molar-refractivity contribution is 9.10. The molecule has 0 aliphatic carbocycles. The van der Waals surface area contributed by atoms with Crippen LogP contribution in [0.15, 0.2) is 22.7 Å². The number of nitrogens with one attached hydrogen (secondary N) is 1. The van der Waals surface area contributed by atoms with Crippen molar-refractivity contribution in [1.29, 1.82) is 0 Å². The number of ether oxygens (including phenoxy) is 1. The zero-order chi connectivity index (χ0) is 11.4. The largest absolute Gasteiger partial charge is 0.497 e. The number of methoxy groups -OCH3 is 1. The van der Waals surface area contributed by atoms with Crippen LogP contribution >= 0.6 is 15.9 Å². The Bertz CT molecular complexity index is 328. The molecule has 1 aromatic rings. The fourth-order valence-corrected chi connectivity index (χ4v) is 1.47. The van der Waals surface area contributed by atoms with Crippen LogP contribution in [0.2, 0.25) is 0 Å². The summed E-state index contributed by atoms with van der Waals surface area (Å²) in [6.45, 7) is 3.68. The van der Waals surface area contributed by atoms with Crippen molar-refractivity contribution < 1.29 is 9.84 Å². The maximum atomic E-state index is 9.39. The van der Waals surface area contributed by atoms with Gasteiger partial charge in [-0.25, -0.2) is 0 Å². The molecule has 1 aromatic carbocycles. The molecule has 2 N–H and O–H groups in total. The number of rotatable bonds is 4. The molecule has 0 aromatic heterocycles. The molecule has 0 amide bonds. The van der Waals surface area contributed by atoms with Gasteiger partial charge < -0.3 is 15.2 Å². The second kappa shape index (κ2) is 5.37. The van der Waals surface area contributed by atoms with Gasteiger partial charge >= 0.3 is 0 Å². The molecule has 0 radical (unpaired) electrons. The molecule has 3 nitrogen and oxygen atoms in total. The van der Waals surface area contributed by atoms with E-state index in [-0.39, 0.29) is 6.04 Å². The molecule has 2 atom stereocenters. The number of hydrogen-bond acceptors (Lipinski definition) is 3. The molecule has 0 bridgehead atoms. The Morgan fingerprint density at radius 2 is 2.07 bits per heavy atom. The van der Waals surface area contributed by atoms with Crippen molar-refractivity contribution in [3.8, 4) is 5.75 Å². The summed E-state index contributed by atoms with van der Waals surface area (Å²) in [5.74, 6) is 0.790. The number of benzene rings is 1. The summed E-state index contributed by atoms with van der Waals surface area (Å²) in [6, 6.07) is 5.68. The van der Waals surface area contributed by atoms with Gasteiger partial charge in [0.05, 0.1) is 18.9 Å². The van der Waals surface area contributed by atoms with Gasteiger partial charge in [0.2, 0.25) is 0 Å². The van der Waals surface area contributed by atoms with Crippen LogP contribution in [0.25, 0.3) is 0 Å². The standard InChI is InChI=1S/C11H16BrNO2/c1-7(8(2)14)13-11-6-9(15-3)4-5-10(11)12/h4-8,13-14H,1-3H3. The summed E-state index contributed by atoms with van der Waals surface area (Å²) in [7, 11) is 1.63. The van der Waals surface area contributed by atoms with Crippen LogP contribution in [0, 0.1) is 0 Å². The average molecular weight is 274 g/mol. The molecule has 0 heterocycles. The van der Waals surface area contributed by atoms with Crippen molar-refractivity contribution in [3.63, 3.8) is 0 Å². The van der Waals surface area contributed by atoms with Crippen LogP contribution in [-0.2, 0) is 0 Å². The third-order valence-electron chi connectivity index (χ3n) is 2.28. The molecule has 2 unspecified atom stereocenters. The van der Waals surface area contributed by atoms with E-state index < -0.39 is 6.10 Å². The minimum Gasteiger partial charge on any atom is -0.497 e. The lowest BCUT2D eigenvalue weighted by atomic mass is 10.2. The van der Waals surface area contributed by atoms with E-state index >= 15 is 0 Å². The summed E-state index contributed by atoms with van der Waals surface area (Å²) < 4.78 is 6.08. The first-order valence-electron chi connectivity index (χ1n) is 4.82. The lowest BCUT2D eigenvalue weighted by Crippen LogP contribution is -2.27. The molecule has 1 rings (SSSR count). The molecule has 84 valence electrons. The predicted molar refractivity (Wildman–Crippen MR) is 65.5 cm³/mol. The number of anilines is 1.